The highest BCUT2D eigenvalue weighted by Gasteiger charge is 2.29. The van der Waals surface area contributed by atoms with E-state index in [-0.39, 0.29) is 0 Å². The average Bonchev–Trinajstić information content (AvgIpc) is 2.89. The van der Waals surface area contributed by atoms with E-state index in [1.54, 1.807) is 0 Å². The van der Waals surface area contributed by atoms with E-state index < -0.39 is 0 Å². The topological polar surface area (TPSA) is 21.1 Å². The van der Waals surface area contributed by atoms with Crippen LogP contribution in [0.4, 0.5) is 0 Å². The summed E-state index contributed by atoms with van der Waals surface area (Å²) in [6.07, 6.45) is 4.65. The molecule has 0 atom stereocenters. The van der Waals surface area contributed by atoms with Crippen LogP contribution in [0.3, 0.4) is 0 Å². The Kier molecular flexibility index (Phi) is 4.31. The lowest BCUT2D eigenvalue weighted by atomic mass is 9.75. The van der Waals surface area contributed by atoms with Crippen LogP contribution < -0.4 is 0 Å². The second kappa shape index (κ2) is 6.38. The molecule has 0 saturated heterocycles. The molecular weight excluding hydrogens is 318 g/mol. The molecule has 1 aromatic carbocycles. The fraction of sp³-hybridized carbons (Fsp3) is 0.522. The van der Waals surface area contributed by atoms with Gasteiger partial charge >= 0.3 is 0 Å². The summed E-state index contributed by atoms with van der Waals surface area (Å²) in [6, 6.07) is 8.94. The zero-order valence-electron chi connectivity index (χ0n) is 16.9. The normalized spacial score (nSPS) is 16.5. The largest absolute Gasteiger partial charge is 0.339 e. The SMILES string of the molecule is Cc1nc2c(c3c4ccccc4n(CCCN(C)C)c13)CCC(C)(C)C2. The first-order valence-corrected chi connectivity index (χ1v) is 9.91. The van der Waals surface area contributed by atoms with Crippen molar-refractivity contribution in [2.45, 2.75) is 53.0 Å². The van der Waals surface area contributed by atoms with Gasteiger partial charge in [0.15, 0.2) is 0 Å². The van der Waals surface area contributed by atoms with Crippen molar-refractivity contribution in [2.24, 2.45) is 5.41 Å². The third-order valence-corrected chi connectivity index (χ3v) is 5.95. The Bertz CT molecular complexity index is 963. The number of fused-ring (bicyclic) bond motifs is 5. The lowest BCUT2D eigenvalue weighted by molar-refractivity contribution is 0.311. The Balaban J connectivity index is 1.94. The smallest absolute Gasteiger partial charge is 0.0710 e. The Labute approximate surface area is 157 Å². The van der Waals surface area contributed by atoms with Crippen molar-refractivity contribution in [1.29, 1.82) is 0 Å². The molecule has 26 heavy (non-hydrogen) atoms. The summed E-state index contributed by atoms with van der Waals surface area (Å²) in [5, 5.41) is 2.89. The van der Waals surface area contributed by atoms with Crippen LogP contribution in [0.25, 0.3) is 21.8 Å². The number of para-hydroxylation sites is 1. The molecule has 138 valence electrons. The third-order valence-electron chi connectivity index (χ3n) is 5.95. The fourth-order valence-electron chi connectivity index (χ4n) is 4.65. The van der Waals surface area contributed by atoms with Crippen molar-refractivity contribution >= 4 is 21.8 Å². The molecule has 0 N–H and O–H groups in total. The summed E-state index contributed by atoms with van der Waals surface area (Å²) < 4.78 is 2.52. The van der Waals surface area contributed by atoms with Gasteiger partial charge in [0.2, 0.25) is 0 Å². The Morgan fingerprint density at radius 1 is 1.19 bits per heavy atom. The molecule has 1 aliphatic carbocycles. The van der Waals surface area contributed by atoms with Gasteiger partial charge in [-0.2, -0.15) is 0 Å². The van der Waals surface area contributed by atoms with Gasteiger partial charge in [-0.25, -0.2) is 0 Å². The van der Waals surface area contributed by atoms with Gasteiger partial charge in [0.1, 0.15) is 0 Å². The molecule has 3 aromatic rings. The summed E-state index contributed by atoms with van der Waals surface area (Å²) in [5.41, 5.74) is 7.13. The molecule has 4 rings (SSSR count). The first-order valence-electron chi connectivity index (χ1n) is 9.91. The number of benzene rings is 1. The minimum atomic E-state index is 0.365. The van der Waals surface area contributed by atoms with Crippen LogP contribution in [0, 0.1) is 12.3 Å². The third kappa shape index (κ3) is 2.92. The molecule has 0 fully saturated rings. The second-order valence-electron chi connectivity index (χ2n) is 9.01. The highest BCUT2D eigenvalue weighted by molar-refractivity contribution is 6.10. The van der Waals surface area contributed by atoms with Crippen molar-refractivity contribution in [1.82, 2.24) is 14.5 Å². The standard InChI is InChI=1S/C23H31N3/c1-16-22-21(17-11-12-23(2,3)15-19(17)24-16)18-9-6-7-10-20(18)26(22)14-8-13-25(4)5/h6-7,9-10H,8,11-15H2,1-5H3. The molecule has 2 aromatic heterocycles. The maximum atomic E-state index is 5.11. The van der Waals surface area contributed by atoms with Crippen LogP contribution in [-0.4, -0.2) is 35.1 Å². The fourth-order valence-corrected chi connectivity index (χ4v) is 4.65. The molecule has 1 aliphatic rings. The predicted octanol–water partition coefficient (Wildman–Crippen LogP) is 4.96. The van der Waals surface area contributed by atoms with Crippen LogP contribution in [0.15, 0.2) is 24.3 Å². The molecular formula is C23H31N3. The predicted molar refractivity (Wildman–Crippen MR) is 111 cm³/mol. The summed E-state index contributed by atoms with van der Waals surface area (Å²) in [6.45, 7) is 9.11. The number of hydrogen-bond acceptors (Lipinski definition) is 2. The lowest BCUT2D eigenvalue weighted by Crippen LogP contribution is -2.23. The van der Waals surface area contributed by atoms with Gasteiger partial charge in [0.25, 0.3) is 0 Å². The van der Waals surface area contributed by atoms with Gasteiger partial charge in [-0.1, -0.05) is 32.0 Å². The van der Waals surface area contributed by atoms with Gasteiger partial charge in [-0.05, 0) is 70.3 Å². The highest BCUT2D eigenvalue weighted by atomic mass is 15.1. The van der Waals surface area contributed by atoms with E-state index in [0.29, 0.717) is 5.41 Å². The maximum absolute atomic E-state index is 5.11. The molecule has 0 radical (unpaired) electrons. The van der Waals surface area contributed by atoms with Gasteiger partial charge < -0.3 is 9.47 Å². The van der Waals surface area contributed by atoms with Crippen molar-refractivity contribution < 1.29 is 0 Å². The molecule has 0 amide bonds. The first kappa shape index (κ1) is 17.5. The lowest BCUT2D eigenvalue weighted by Gasteiger charge is -2.31. The summed E-state index contributed by atoms with van der Waals surface area (Å²) in [4.78, 5) is 7.37. The number of nitrogens with zero attached hydrogens (tertiary/aromatic N) is 3. The monoisotopic (exact) mass is 349 g/mol. The number of hydrogen-bond donors (Lipinski definition) is 0. The van der Waals surface area contributed by atoms with E-state index in [0.717, 1.165) is 32.4 Å². The zero-order valence-corrected chi connectivity index (χ0v) is 16.9. The van der Waals surface area contributed by atoms with E-state index in [4.69, 9.17) is 4.98 Å². The maximum Gasteiger partial charge on any atom is 0.0710 e. The van der Waals surface area contributed by atoms with E-state index in [9.17, 15) is 0 Å². The number of rotatable bonds is 4. The molecule has 3 nitrogen and oxygen atoms in total. The van der Waals surface area contributed by atoms with Crippen molar-refractivity contribution in [3.05, 3.63) is 41.2 Å². The van der Waals surface area contributed by atoms with Crippen LogP contribution in [0.5, 0.6) is 0 Å². The molecule has 2 heterocycles. The van der Waals surface area contributed by atoms with E-state index in [2.05, 4.69) is 68.6 Å². The molecule has 0 spiro atoms. The van der Waals surface area contributed by atoms with E-state index in [1.165, 1.54) is 45.2 Å². The van der Waals surface area contributed by atoms with Gasteiger partial charge in [0, 0.05) is 28.5 Å². The van der Waals surface area contributed by atoms with Crippen LogP contribution >= 0.6 is 0 Å². The minimum absolute atomic E-state index is 0.365. The second-order valence-corrected chi connectivity index (χ2v) is 9.01. The molecule has 3 heteroatoms. The van der Waals surface area contributed by atoms with Gasteiger partial charge in [-0.3, -0.25) is 4.98 Å². The molecule has 0 saturated carbocycles. The summed E-state index contributed by atoms with van der Waals surface area (Å²) in [7, 11) is 4.30. The number of aromatic nitrogens is 2. The van der Waals surface area contributed by atoms with Crippen LogP contribution in [0.1, 0.15) is 43.6 Å². The van der Waals surface area contributed by atoms with Gasteiger partial charge in [-0.15, -0.1) is 0 Å². The highest BCUT2D eigenvalue weighted by Crippen LogP contribution is 2.41. The molecule has 0 bridgehead atoms. The quantitative estimate of drug-likeness (QED) is 0.663. The summed E-state index contributed by atoms with van der Waals surface area (Å²) >= 11 is 0. The minimum Gasteiger partial charge on any atom is -0.339 e. The van der Waals surface area contributed by atoms with Crippen molar-refractivity contribution in [2.75, 3.05) is 20.6 Å². The Morgan fingerprint density at radius 2 is 1.96 bits per heavy atom. The first-order chi connectivity index (χ1) is 12.4. The van der Waals surface area contributed by atoms with Gasteiger partial charge in [0.05, 0.1) is 11.2 Å². The number of pyridine rings is 1. The van der Waals surface area contributed by atoms with Crippen molar-refractivity contribution in [3.8, 4) is 0 Å². The Hall–Kier alpha value is -1.87. The summed E-state index contributed by atoms with van der Waals surface area (Å²) in [5.74, 6) is 0. The van der Waals surface area contributed by atoms with E-state index >= 15 is 0 Å². The van der Waals surface area contributed by atoms with Crippen LogP contribution in [-0.2, 0) is 19.4 Å². The zero-order chi connectivity index (χ0) is 18.5. The van der Waals surface area contributed by atoms with E-state index in [1.807, 2.05) is 0 Å². The number of aryl methyl sites for hydroxylation is 3. The average molecular weight is 350 g/mol. The molecule has 0 unspecified atom stereocenters. The van der Waals surface area contributed by atoms with Crippen LogP contribution in [0.2, 0.25) is 0 Å². The molecule has 0 aliphatic heterocycles. The van der Waals surface area contributed by atoms with Crippen molar-refractivity contribution in [3.63, 3.8) is 0 Å². The Morgan fingerprint density at radius 3 is 2.73 bits per heavy atom.